The molecule has 1 N–H and O–H groups in total. The Morgan fingerprint density at radius 1 is 1.14 bits per heavy atom. The number of carbonyl (C=O) groups excluding carboxylic acids is 1. The van der Waals surface area contributed by atoms with Crippen LogP contribution in [0.2, 0.25) is 0 Å². The number of aromatic nitrogens is 2. The fourth-order valence-electron chi connectivity index (χ4n) is 2.31. The minimum Gasteiger partial charge on any atom is -0.497 e. The molecular weight excluding hydrogens is 385 g/mol. The minimum absolute atomic E-state index is 0.120. The molecule has 0 fully saturated rings. The van der Waals surface area contributed by atoms with Crippen LogP contribution < -0.4 is 14.8 Å². The van der Waals surface area contributed by atoms with Gasteiger partial charge >= 0.3 is 0 Å². The average molecular weight is 403 g/mol. The predicted molar refractivity (Wildman–Crippen MR) is 103 cm³/mol. The van der Waals surface area contributed by atoms with Crippen molar-refractivity contribution in [1.82, 2.24) is 10.2 Å². The highest BCUT2D eigenvalue weighted by Crippen LogP contribution is 2.31. The lowest BCUT2D eigenvalue weighted by Crippen LogP contribution is -2.22. The number of methoxy groups -OCH3 is 2. The van der Waals surface area contributed by atoms with Crippen LogP contribution in [-0.4, -0.2) is 35.6 Å². The van der Waals surface area contributed by atoms with Gasteiger partial charge in [-0.25, -0.2) is 4.39 Å². The molecule has 0 bridgehead atoms. The smallest absolute Gasteiger partial charge is 0.277 e. The molecule has 2 aromatic carbocycles. The maximum Gasteiger partial charge on any atom is 0.277 e. The van der Waals surface area contributed by atoms with E-state index in [1.165, 1.54) is 12.1 Å². The zero-order valence-electron chi connectivity index (χ0n) is 15.4. The molecule has 3 rings (SSSR count). The Morgan fingerprint density at radius 3 is 2.46 bits per heavy atom. The van der Waals surface area contributed by atoms with E-state index in [0.717, 1.165) is 11.8 Å². The van der Waals surface area contributed by atoms with Crippen LogP contribution in [0.3, 0.4) is 0 Å². The van der Waals surface area contributed by atoms with Crippen LogP contribution in [0.4, 0.5) is 10.1 Å². The van der Waals surface area contributed by atoms with E-state index in [1.54, 1.807) is 51.5 Å². The van der Waals surface area contributed by atoms with E-state index in [2.05, 4.69) is 15.5 Å². The first kappa shape index (κ1) is 19.7. The topological polar surface area (TPSA) is 86.5 Å². The molecule has 3 aromatic rings. The molecule has 7 nitrogen and oxygen atoms in total. The van der Waals surface area contributed by atoms with E-state index >= 15 is 0 Å². The Hall–Kier alpha value is -3.07. The number of para-hydroxylation sites is 1. The molecule has 0 aliphatic rings. The van der Waals surface area contributed by atoms with Gasteiger partial charge in [-0.15, -0.1) is 10.2 Å². The Balaban J connectivity index is 1.70. The number of anilines is 1. The molecule has 1 amide bonds. The summed E-state index contributed by atoms with van der Waals surface area (Å²) in [4.78, 5) is 12.3. The first-order chi connectivity index (χ1) is 13.5. The first-order valence-corrected chi connectivity index (χ1v) is 9.17. The van der Waals surface area contributed by atoms with Crippen molar-refractivity contribution in [3.63, 3.8) is 0 Å². The number of rotatable bonds is 7. The number of hydrogen-bond donors (Lipinski definition) is 1. The van der Waals surface area contributed by atoms with E-state index in [0.29, 0.717) is 17.1 Å². The molecule has 0 spiro atoms. The second-order valence-electron chi connectivity index (χ2n) is 5.70. The fourth-order valence-corrected chi connectivity index (χ4v) is 2.99. The second kappa shape index (κ2) is 8.75. The zero-order chi connectivity index (χ0) is 20.1. The zero-order valence-corrected chi connectivity index (χ0v) is 16.2. The van der Waals surface area contributed by atoms with Gasteiger partial charge < -0.3 is 19.2 Å². The van der Waals surface area contributed by atoms with Crippen LogP contribution in [0.1, 0.15) is 6.92 Å². The lowest BCUT2D eigenvalue weighted by Gasteiger charge is -2.10. The van der Waals surface area contributed by atoms with Crippen molar-refractivity contribution >= 4 is 23.4 Å². The van der Waals surface area contributed by atoms with Gasteiger partial charge in [0.2, 0.25) is 11.8 Å². The lowest BCUT2D eigenvalue weighted by molar-refractivity contribution is -0.115. The molecule has 0 saturated carbocycles. The number of thioether (sulfide) groups is 1. The second-order valence-corrected chi connectivity index (χ2v) is 7.00. The summed E-state index contributed by atoms with van der Waals surface area (Å²) < 4.78 is 29.8. The Bertz CT molecular complexity index is 957. The number of halogens is 1. The molecule has 146 valence electrons. The third-order valence-corrected chi connectivity index (χ3v) is 4.72. The maximum absolute atomic E-state index is 13.7. The summed E-state index contributed by atoms with van der Waals surface area (Å²) in [6, 6.07) is 11.2. The SMILES string of the molecule is COc1cc(OC)cc(-c2nnc(S[C@H](C)C(=O)Nc3ccccc3F)o2)c1. The third-order valence-electron chi connectivity index (χ3n) is 3.78. The molecule has 0 aliphatic carbocycles. The van der Waals surface area contributed by atoms with Crippen LogP contribution in [0, 0.1) is 5.82 Å². The molecule has 0 saturated heterocycles. The highest BCUT2D eigenvalue weighted by Gasteiger charge is 2.20. The first-order valence-electron chi connectivity index (χ1n) is 8.29. The molecular formula is C19H18FN3O4S. The molecule has 0 radical (unpaired) electrons. The standard InChI is InChI=1S/C19H18FN3O4S/c1-11(17(24)21-16-7-5-4-6-15(16)20)28-19-23-22-18(27-19)12-8-13(25-2)10-14(9-12)26-3/h4-11H,1-3H3,(H,21,24)/t11-/m1/s1. The molecule has 9 heteroatoms. The van der Waals surface area contributed by atoms with Gasteiger partial charge in [0.1, 0.15) is 17.3 Å². The van der Waals surface area contributed by atoms with E-state index in [-0.39, 0.29) is 22.7 Å². The van der Waals surface area contributed by atoms with Gasteiger partial charge in [0.05, 0.1) is 25.2 Å². The summed E-state index contributed by atoms with van der Waals surface area (Å²) in [5.41, 5.74) is 0.744. The summed E-state index contributed by atoms with van der Waals surface area (Å²) in [5, 5.41) is 10.1. The molecule has 28 heavy (non-hydrogen) atoms. The van der Waals surface area contributed by atoms with E-state index in [4.69, 9.17) is 13.9 Å². The van der Waals surface area contributed by atoms with Crippen molar-refractivity contribution in [2.75, 3.05) is 19.5 Å². The largest absolute Gasteiger partial charge is 0.497 e. The number of nitrogens with one attached hydrogen (secondary N) is 1. The van der Waals surface area contributed by atoms with Gasteiger partial charge in [0.25, 0.3) is 5.22 Å². The number of ether oxygens (including phenoxy) is 2. The summed E-state index contributed by atoms with van der Waals surface area (Å²) >= 11 is 1.07. The van der Waals surface area contributed by atoms with Gasteiger partial charge in [-0.2, -0.15) is 0 Å². The van der Waals surface area contributed by atoms with Crippen molar-refractivity contribution in [3.8, 4) is 23.0 Å². The highest BCUT2D eigenvalue weighted by atomic mass is 32.2. The van der Waals surface area contributed by atoms with Crippen molar-refractivity contribution < 1.29 is 23.1 Å². The predicted octanol–water partition coefficient (Wildman–Crippen LogP) is 4.01. The number of benzene rings is 2. The van der Waals surface area contributed by atoms with Crippen molar-refractivity contribution in [1.29, 1.82) is 0 Å². The molecule has 0 unspecified atom stereocenters. The van der Waals surface area contributed by atoms with E-state index in [1.807, 2.05) is 0 Å². The highest BCUT2D eigenvalue weighted by molar-refractivity contribution is 8.00. The van der Waals surface area contributed by atoms with Crippen LogP contribution in [-0.2, 0) is 4.79 Å². The number of hydrogen-bond acceptors (Lipinski definition) is 7. The number of carbonyl (C=O) groups is 1. The Labute approximate surface area is 165 Å². The average Bonchev–Trinajstić information content (AvgIpc) is 3.17. The lowest BCUT2D eigenvalue weighted by atomic mass is 10.2. The van der Waals surface area contributed by atoms with Crippen molar-refractivity contribution in [3.05, 3.63) is 48.3 Å². The van der Waals surface area contributed by atoms with Crippen molar-refractivity contribution in [2.24, 2.45) is 0 Å². The van der Waals surface area contributed by atoms with Crippen LogP contribution >= 0.6 is 11.8 Å². The summed E-state index contributed by atoms with van der Waals surface area (Å²) in [6.45, 7) is 1.67. The number of nitrogens with zero attached hydrogens (tertiary/aromatic N) is 2. The van der Waals surface area contributed by atoms with Gasteiger partial charge in [-0.1, -0.05) is 23.9 Å². The summed E-state index contributed by atoms with van der Waals surface area (Å²) in [6.07, 6.45) is 0. The number of amides is 1. The maximum atomic E-state index is 13.7. The van der Waals surface area contributed by atoms with E-state index < -0.39 is 11.1 Å². The normalized spacial score (nSPS) is 11.7. The summed E-state index contributed by atoms with van der Waals surface area (Å²) in [7, 11) is 3.09. The van der Waals surface area contributed by atoms with Gasteiger partial charge in [0.15, 0.2) is 0 Å². The van der Waals surface area contributed by atoms with Gasteiger partial charge in [-0.05, 0) is 31.2 Å². The molecule has 1 aromatic heterocycles. The third kappa shape index (κ3) is 4.61. The quantitative estimate of drug-likeness (QED) is 0.597. The van der Waals surface area contributed by atoms with Gasteiger partial charge in [0, 0.05) is 11.6 Å². The van der Waals surface area contributed by atoms with Crippen molar-refractivity contribution in [2.45, 2.75) is 17.4 Å². The van der Waals surface area contributed by atoms with Crippen LogP contribution in [0.25, 0.3) is 11.5 Å². The summed E-state index contributed by atoms with van der Waals surface area (Å²) in [5.74, 6) is 0.554. The molecule has 1 heterocycles. The van der Waals surface area contributed by atoms with Crippen LogP contribution in [0.5, 0.6) is 11.5 Å². The van der Waals surface area contributed by atoms with Gasteiger partial charge in [-0.3, -0.25) is 4.79 Å². The van der Waals surface area contributed by atoms with Crippen LogP contribution in [0.15, 0.2) is 52.1 Å². The molecule has 0 aliphatic heterocycles. The monoisotopic (exact) mass is 403 g/mol. The minimum atomic E-state index is -0.576. The molecule has 1 atom stereocenters. The Kier molecular flexibility index (Phi) is 6.15. The van der Waals surface area contributed by atoms with E-state index in [9.17, 15) is 9.18 Å². The fraction of sp³-hybridized carbons (Fsp3) is 0.211. The Morgan fingerprint density at radius 2 is 1.82 bits per heavy atom.